The van der Waals surface area contributed by atoms with Crippen molar-refractivity contribution in [3.05, 3.63) is 24.3 Å². The first-order valence-electron chi connectivity index (χ1n) is 8.31. The highest BCUT2D eigenvalue weighted by Gasteiger charge is 2.33. The minimum Gasteiger partial charge on any atom is -0.491 e. The van der Waals surface area contributed by atoms with Gasteiger partial charge < -0.3 is 15.0 Å². The molecule has 1 amide bonds. The van der Waals surface area contributed by atoms with E-state index in [1.807, 2.05) is 45.0 Å². The summed E-state index contributed by atoms with van der Waals surface area (Å²) in [4.78, 5) is 14.1. The van der Waals surface area contributed by atoms with Crippen molar-refractivity contribution in [3.63, 3.8) is 0 Å². The Morgan fingerprint density at radius 2 is 2.00 bits per heavy atom. The topological polar surface area (TPSA) is 75.7 Å². The van der Waals surface area contributed by atoms with Gasteiger partial charge in [-0.2, -0.15) is 0 Å². The third-order valence-corrected chi connectivity index (χ3v) is 5.73. The fourth-order valence-electron chi connectivity index (χ4n) is 2.86. The van der Waals surface area contributed by atoms with Crippen molar-refractivity contribution < 1.29 is 17.9 Å². The van der Waals surface area contributed by atoms with E-state index in [1.54, 1.807) is 4.90 Å². The number of likely N-dealkylation sites (N-methyl/N-ethyl adjacent to an activating group) is 1. The van der Waals surface area contributed by atoms with Gasteiger partial charge in [-0.3, -0.25) is 4.79 Å². The van der Waals surface area contributed by atoms with Gasteiger partial charge in [-0.25, -0.2) is 8.42 Å². The lowest BCUT2D eigenvalue weighted by Crippen LogP contribution is -2.43. The Morgan fingerprint density at radius 1 is 1.33 bits per heavy atom. The normalized spacial score (nSPS) is 19.2. The maximum absolute atomic E-state index is 12.4. The van der Waals surface area contributed by atoms with Crippen molar-refractivity contribution >= 4 is 21.4 Å². The number of benzene rings is 1. The summed E-state index contributed by atoms with van der Waals surface area (Å²) in [5.41, 5.74) is 0.828. The molecule has 1 aliphatic heterocycles. The van der Waals surface area contributed by atoms with Crippen LogP contribution in [0.2, 0.25) is 0 Å². The number of nitrogens with one attached hydrogen (secondary N) is 1. The van der Waals surface area contributed by atoms with Crippen LogP contribution in [0.4, 0.5) is 5.69 Å². The van der Waals surface area contributed by atoms with Crippen LogP contribution in [0, 0.1) is 0 Å². The summed E-state index contributed by atoms with van der Waals surface area (Å²) in [6.07, 6.45) is 0.648. The quantitative estimate of drug-likeness (QED) is 0.810. The van der Waals surface area contributed by atoms with Gasteiger partial charge in [0.2, 0.25) is 5.91 Å². The van der Waals surface area contributed by atoms with Gasteiger partial charge in [0.25, 0.3) is 0 Å². The van der Waals surface area contributed by atoms with Gasteiger partial charge in [0.15, 0.2) is 9.84 Å². The van der Waals surface area contributed by atoms with E-state index in [4.69, 9.17) is 4.74 Å². The molecule has 6 nitrogen and oxygen atoms in total. The van der Waals surface area contributed by atoms with Crippen molar-refractivity contribution in [2.75, 3.05) is 29.9 Å². The van der Waals surface area contributed by atoms with Crippen LogP contribution in [-0.2, 0) is 14.6 Å². The lowest BCUT2D eigenvalue weighted by atomic mass is 10.2. The van der Waals surface area contributed by atoms with Gasteiger partial charge in [0.05, 0.1) is 24.2 Å². The smallest absolute Gasteiger partial charge is 0.242 e. The zero-order chi connectivity index (χ0) is 17.7. The van der Waals surface area contributed by atoms with Gasteiger partial charge in [0, 0.05) is 18.3 Å². The van der Waals surface area contributed by atoms with E-state index in [9.17, 15) is 13.2 Å². The molecule has 24 heavy (non-hydrogen) atoms. The highest BCUT2D eigenvalue weighted by atomic mass is 32.2. The molecule has 1 heterocycles. The predicted octanol–water partition coefficient (Wildman–Crippen LogP) is 1.92. The molecule has 1 atom stereocenters. The zero-order valence-electron chi connectivity index (χ0n) is 14.5. The van der Waals surface area contributed by atoms with Crippen LogP contribution < -0.4 is 10.1 Å². The maximum Gasteiger partial charge on any atom is 0.242 e. The Balaban J connectivity index is 1.89. The molecular weight excluding hydrogens is 328 g/mol. The molecule has 0 aliphatic carbocycles. The second kappa shape index (κ2) is 7.88. The SMILES string of the molecule is CCN(C(=O)CNc1ccc(OC(C)C)cc1)C1CCS(=O)(=O)C1. The average molecular weight is 354 g/mol. The van der Waals surface area contributed by atoms with Crippen molar-refractivity contribution in [2.24, 2.45) is 0 Å². The molecule has 1 unspecified atom stereocenters. The Bertz CT molecular complexity index is 656. The minimum absolute atomic E-state index is 0.0772. The van der Waals surface area contributed by atoms with Crippen LogP contribution in [-0.4, -0.2) is 56.0 Å². The molecule has 0 saturated carbocycles. The molecule has 2 rings (SSSR count). The van der Waals surface area contributed by atoms with E-state index in [1.165, 1.54) is 0 Å². The number of hydrogen-bond donors (Lipinski definition) is 1. The van der Waals surface area contributed by atoms with Crippen molar-refractivity contribution in [3.8, 4) is 5.75 Å². The molecule has 0 spiro atoms. The van der Waals surface area contributed by atoms with Crippen LogP contribution in [0.15, 0.2) is 24.3 Å². The molecule has 1 aromatic rings. The first-order valence-corrected chi connectivity index (χ1v) is 10.1. The number of sulfone groups is 1. The monoisotopic (exact) mass is 354 g/mol. The van der Waals surface area contributed by atoms with Crippen molar-refractivity contribution in [1.29, 1.82) is 0 Å². The Morgan fingerprint density at radius 3 is 2.50 bits per heavy atom. The number of carbonyl (C=O) groups excluding carboxylic acids is 1. The van der Waals surface area contributed by atoms with Crippen LogP contribution in [0.5, 0.6) is 5.75 Å². The fourth-order valence-corrected chi connectivity index (χ4v) is 4.59. The predicted molar refractivity (Wildman–Crippen MR) is 95.1 cm³/mol. The molecule has 7 heteroatoms. The zero-order valence-corrected chi connectivity index (χ0v) is 15.3. The van der Waals surface area contributed by atoms with Crippen LogP contribution in [0.25, 0.3) is 0 Å². The molecule has 1 aliphatic rings. The summed E-state index contributed by atoms with van der Waals surface area (Å²) in [6.45, 7) is 6.47. The van der Waals surface area contributed by atoms with E-state index in [-0.39, 0.29) is 36.1 Å². The number of anilines is 1. The van der Waals surface area contributed by atoms with Crippen LogP contribution in [0.1, 0.15) is 27.2 Å². The lowest BCUT2D eigenvalue weighted by Gasteiger charge is -2.27. The molecule has 1 aromatic carbocycles. The van der Waals surface area contributed by atoms with Gasteiger partial charge in [0.1, 0.15) is 5.75 Å². The summed E-state index contributed by atoms with van der Waals surface area (Å²) in [5.74, 6) is 0.954. The average Bonchev–Trinajstić information content (AvgIpc) is 2.86. The van der Waals surface area contributed by atoms with E-state index in [0.717, 1.165) is 11.4 Å². The van der Waals surface area contributed by atoms with Crippen molar-refractivity contribution in [2.45, 2.75) is 39.3 Å². The number of nitrogens with zero attached hydrogens (tertiary/aromatic N) is 1. The number of carbonyl (C=O) groups is 1. The largest absolute Gasteiger partial charge is 0.491 e. The summed E-state index contributed by atoms with van der Waals surface area (Å²) in [6, 6.07) is 7.24. The highest BCUT2D eigenvalue weighted by Crippen LogP contribution is 2.19. The molecule has 1 saturated heterocycles. The minimum atomic E-state index is -2.99. The molecule has 1 fully saturated rings. The molecule has 1 N–H and O–H groups in total. The Kier molecular flexibility index (Phi) is 6.10. The van der Waals surface area contributed by atoms with Gasteiger partial charge in [-0.15, -0.1) is 0 Å². The van der Waals surface area contributed by atoms with E-state index >= 15 is 0 Å². The van der Waals surface area contributed by atoms with Crippen molar-refractivity contribution in [1.82, 2.24) is 4.90 Å². The lowest BCUT2D eigenvalue weighted by molar-refractivity contribution is -0.130. The number of amides is 1. The second-order valence-corrected chi connectivity index (χ2v) is 8.51. The standard InChI is InChI=1S/C17H26N2O4S/c1-4-19(15-9-10-24(21,22)12-15)17(20)11-18-14-5-7-16(8-6-14)23-13(2)3/h5-8,13,15,18H,4,9-12H2,1-3H3. The molecular formula is C17H26N2O4S. The summed E-state index contributed by atoms with van der Waals surface area (Å²) in [5, 5.41) is 3.09. The summed E-state index contributed by atoms with van der Waals surface area (Å²) < 4.78 is 28.8. The second-order valence-electron chi connectivity index (χ2n) is 6.28. The maximum atomic E-state index is 12.4. The number of ether oxygens (including phenoxy) is 1. The third kappa shape index (κ3) is 5.12. The molecule has 0 radical (unpaired) electrons. The molecule has 134 valence electrons. The Labute approximate surface area is 144 Å². The van der Waals surface area contributed by atoms with Crippen LogP contribution in [0.3, 0.4) is 0 Å². The molecule has 0 aromatic heterocycles. The Hall–Kier alpha value is -1.76. The first kappa shape index (κ1) is 18.6. The third-order valence-electron chi connectivity index (χ3n) is 3.98. The summed E-state index contributed by atoms with van der Waals surface area (Å²) >= 11 is 0. The van der Waals surface area contributed by atoms with Gasteiger partial charge in [-0.05, 0) is 51.5 Å². The van der Waals surface area contributed by atoms with Crippen LogP contribution >= 0.6 is 0 Å². The fraction of sp³-hybridized carbons (Fsp3) is 0.588. The van der Waals surface area contributed by atoms with Gasteiger partial charge >= 0.3 is 0 Å². The number of rotatable bonds is 7. The first-order chi connectivity index (χ1) is 11.3. The van der Waals surface area contributed by atoms with Gasteiger partial charge in [-0.1, -0.05) is 0 Å². The van der Waals surface area contributed by atoms with E-state index < -0.39 is 9.84 Å². The summed E-state index contributed by atoms with van der Waals surface area (Å²) in [7, 11) is -2.99. The number of hydrogen-bond acceptors (Lipinski definition) is 5. The molecule has 0 bridgehead atoms. The van der Waals surface area contributed by atoms with E-state index in [2.05, 4.69) is 5.32 Å². The highest BCUT2D eigenvalue weighted by molar-refractivity contribution is 7.91. The van der Waals surface area contributed by atoms with E-state index in [0.29, 0.717) is 13.0 Å².